The van der Waals surface area contributed by atoms with Crippen LogP contribution < -0.4 is 5.73 Å². The van der Waals surface area contributed by atoms with Gasteiger partial charge in [0, 0.05) is 9.92 Å². The number of fused-ring (bicyclic) bond motifs is 1. The van der Waals surface area contributed by atoms with E-state index in [1.807, 2.05) is 24.5 Å². The highest BCUT2D eigenvalue weighted by Crippen LogP contribution is 2.36. The Balaban J connectivity index is 2.80. The summed E-state index contributed by atoms with van der Waals surface area (Å²) in [6.07, 6.45) is 2.04. The Labute approximate surface area is 89.9 Å². The van der Waals surface area contributed by atoms with Gasteiger partial charge in [-0.2, -0.15) is 0 Å². The number of halogens is 1. The predicted molar refractivity (Wildman–Crippen MR) is 63.0 cm³/mol. The zero-order valence-electron chi connectivity index (χ0n) is 7.00. The third-order valence-corrected chi connectivity index (χ3v) is 3.91. The zero-order valence-corrected chi connectivity index (χ0v) is 9.39. The summed E-state index contributed by atoms with van der Waals surface area (Å²) in [5.74, 6) is 0. The number of thioether (sulfide) groups is 1. The van der Waals surface area contributed by atoms with Crippen molar-refractivity contribution < 1.29 is 0 Å². The molecular formula is C9H8ClNS2. The molecule has 68 valence electrons. The molecule has 1 nitrogen and oxygen atoms in total. The van der Waals surface area contributed by atoms with Crippen molar-refractivity contribution in [1.82, 2.24) is 0 Å². The fourth-order valence-electron chi connectivity index (χ4n) is 1.26. The van der Waals surface area contributed by atoms with Crippen molar-refractivity contribution in [2.45, 2.75) is 4.90 Å². The first-order chi connectivity index (χ1) is 6.20. The Morgan fingerprint density at radius 1 is 1.38 bits per heavy atom. The van der Waals surface area contributed by atoms with Crippen LogP contribution in [0.4, 0.5) is 5.00 Å². The van der Waals surface area contributed by atoms with E-state index in [-0.39, 0.29) is 0 Å². The maximum Gasteiger partial charge on any atom is 0.0869 e. The van der Waals surface area contributed by atoms with E-state index in [2.05, 4.69) is 0 Å². The molecule has 1 aromatic heterocycles. The van der Waals surface area contributed by atoms with Crippen LogP contribution in [0.2, 0.25) is 5.02 Å². The van der Waals surface area contributed by atoms with Gasteiger partial charge in [-0.3, -0.25) is 0 Å². The van der Waals surface area contributed by atoms with Gasteiger partial charge in [0.15, 0.2) is 0 Å². The smallest absolute Gasteiger partial charge is 0.0869 e. The van der Waals surface area contributed by atoms with Crippen LogP contribution >= 0.6 is 34.7 Å². The highest BCUT2D eigenvalue weighted by molar-refractivity contribution is 7.99. The van der Waals surface area contributed by atoms with Crippen molar-refractivity contribution in [2.75, 3.05) is 12.0 Å². The quantitative estimate of drug-likeness (QED) is 0.752. The highest BCUT2D eigenvalue weighted by Gasteiger charge is 2.05. The normalized spacial score (nSPS) is 10.9. The summed E-state index contributed by atoms with van der Waals surface area (Å²) in [5, 5.41) is 2.75. The van der Waals surface area contributed by atoms with E-state index in [0.717, 1.165) is 15.4 Å². The first-order valence-electron chi connectivity index (χ1n) is 3.73. The number of rotatable bonds is 1. The lowest BCUT2D eigenvalue weighted by molar-refractivity contribution is 1.59. The van der Waals surface area contributed by atoms with Crippen molar-refractivity contribution in [3.8, 4) is 0 Å². The third-order valence-electron chi connectivity index (χ3n) is 1.79. The first kappa shape index (κ1) is 9.19. The van der Waals surface area contributed by atoms with Crippen molar-refractivity contribution in [2.24, 2.45) is 0 Å². The molecule has 0 amide bonds. The van der Waals surface area contributed by atoms with E-state index in [9.17, 15) is 0 Å². The molecule has 0 unspecified atom stereocenters. The Hall–Kier alpha value is -0.380. The van der Waals surface area contributed by atoms with E-state index in [0.29, 0.717) is 0 Å². The predicted octanol–water partition coefficient (Wildman–Crippen LogP) is 3.86. The van der Waals surface area contributed by atoms with Gasteiger partial charge in [-0.1, -0.05) is 11.6 Å². The summed E-state index contributed by atoms with van der Waals surface area (Å²) < 4.78 is 1.23. The fraction of sp³-hybridized carbons (Fsp3) is 0.111. The maximum absolute atomic E-state index is 5.96. The molecule has 0 radical (unpaired) electrons. The largest absolute Gasteiger partial charge is 0.391 e. The zero-order chi connectivity index (χ0) is 9.42. The van der Waals surface area contributed by atoms with E-state index in [1.54, 1.807) is 23.1 Å². The lowest BCUT2D eigenvalue weighted by atomic mass is 10.3. The molecule has 0 atom stereocenters. The van der Waals surface area contributed by atoms with Crippen LogP contribution in [0.15, 0.2) is 23.1 Å². The van der Waals surface area contributed by atoms with Crippen LogP contribution in [0.5, 0.6) is 0 Å². The molecule has 0 saturated heterocycles. The minimum Gasteiger partial charge on any atom is -0.391 e. The molecule has 2 aromatic rings. The number of hydrogen-bond donors (Lipinski definition) is 1. The minimum absolute atomic E-state index is 0.773. The highest BCUT2D eigenvalue weighted by atomic mass is 35.5. The Kier molecular flexibility index (Phi) is 2.41. The van der Waals surface area contributed by atoms with Gasteiger partial charge in [0.1, 0.15) is 0 Å². The molecule has 0 fully saturated rings. The monoisotopic (exact) mass is 229 g/mol. The van der Waals surface area contributed by atoms with E-state index in [1.165, 1.54) is 9.60 Å². The molecule has 1 heterocycles. The van der Waals surface area contributed by atoms with Crippen LogP contribution in [0.1, 0.15) is 0 Å². The van der Waals surface area contributed by atoms with E-state index < -0.39 is 0 Å². The summed E-state index contributed by atoms with van der Waals surface area (Å²) in [6, 6.07) is 5.89. The lowest BCUT2D eigenvalue weighted by Gasteiger charge is -1.98. The van der Waals surface area contributed by atoms with Crippen LogP contribution in [-0.2, 0) is 0 Å². The summed E-state index contributed by atoms with van der Waals surface area (Å²) in [5.41, 5.74) is 5.73. The molecule has 0 aliphatic rings. The van der Waals surface area contributed by atoms with Crippen molar-refractivity contribution in [1.29, 1.82) is 0 Å². The molecule has 1 aromatic carbocycles. The summed E-state index contributed by atoms with van der Waals surface area (Å²) in [4.78, 5) is 1.20. The molecule has 0 bridgehead atoms. The molecular weight excluding hydrogens is 222 g/mol. The molecule has 2 rings (SSSR count). The SMILES string of the molecule is CSc1cc(Cl)cc2cc(N)sc12. The summed E-state index contributed by atoms with van der Waals surface area (Å²) in [6.45, 7) is 0. The van der Waals surface area contributed by atoms with Crippen LogP contribution in [0.3, 0.4) is 0 Å². The molecule has 0 aliphatic carbocycles. The second kappa shape index (κ2) is 3.40. The number of anilines is 1. The minimum atomic E-state index is 0.773. The lowest BCUT2D eigenvalue weighted by Crippen LogP contribution is -1.72. The molecule has 0 saturated carbocycles. The van der Waals surface area contributed by atoms with Crippen LogP contribution in [0, 0.1) is 0 Å². The van der Waals surface area contributed by atoms with Gasteiger partial charge in [0.05, 0.1) is 9.70 Å². The second-order valence-corrected chi connectivity index (χ2v) is 5.04. The maximum atomic E-state index is 5.96. The standard InChI is InChI=1S/C9H8ClNS2/c1-12-7-4-6(10)2-5-3-8(11)13-9(5)7/h2-4H,11H2,1H3. The first-order valence-corrected chi connectivity index (χ1v) is 6.15. The molecule has 4 heteroatoms. The fourth-order valence-corrected chi connectivity index (χ4v) is 3.29. The Bertz CT molecular complexity index is 450. The van der Waals surface area contributed by atoms with Gasteiger partial charge < -0.3 is 5.73 Å². The van der Waals surface area contributed by atoms with Gasteiger partial charge in [-0.05, 0) is 29.8 Å². The third kappa shape index (κ3) is 1.64. The molecule has 0 aliphatic heterocycles. The van der Waals surface area contributed by atoms with Gasteiger partial charge >= 0.3 is 0 Å². The number of benzene rings is 1. The molecule has 2 N–H and O–H groups in total. The second-order valence-electron chi connectivity index (χ2n) is 2.68. The van der Waals surface area contributed by atoms with Gasteiger partial charge in [-0.15, -0.1) is 23.1 Å². The van der Waals surface area contributed by atoms with Crippen molar-refractivity contribution in [3.63, 3.8) is 0 Å². The van der Waals surface area contributed by atoms with Gasteiger partial charge in [-0.25, -0.2) is 0 Å². The average molecular weight is 230 g/mol. The summed E-state index contributed by atoms with van der Waals surface area (Å²) >= 11 is 9.27. The topological polar surface area (TPSA) is 26.0 Å². The van der Waals surface area contributed by atoms with E-state index >= 15 is 0 Å². The number of thiophene rings is 1. The van der Waals surface area contributed by atoms with Crippen LogP contribution in [0.25, 0.3) is 10.1 Å². The van der Waals surface area contributed by atoms with Gasteiger partial charge in [0.25, 0.3) is 0 Å². The number of hydrogen-bond acceptors (Lipinski definition) is 3. The van der Waals surface area contributed by atoms with Gasteiger partial charge in [0.2, 0.25) is 0 Å². The van der Waals surface area contributed by atoms with Crippen LogP contribution in [-0.4, -0.2) is 6.26 Å². The van der Waals surface area contributed by atoms with Crippen molar-refractivity contribution in [3.05, 3.63) is 23.2 Å². The van der Waals surface area contributed by atoms with E-state index in [4.69, 9.17) is 17.3 Å². The summed E-state index contributed by atoms with van der Waals surface area (Å²) in [7, 11) is 0. The Morgan fingerprint density at radius 3 is 2.85 bits per heavy atom. The average Bonchev–Trinajstić information content (AvgIpc) is 2.43. The number of nitrogens with two attached hydrogens (primary N) is 1. The Morgan fingerprint density at radius 2 is 2.15 bits per heavy atom. The molecule has 0 spiro atoms. The van der Waals surface area contributed by atoms with Crippen molar-refractivity contribution >= 4 is 49.8 Å². The molecule has 13 heavy (non-hydrogen) atoms. The number of nitrogen functional groups attached to an aromatic ring is 1.